The Morgan fingerprint density at radius 1 is 1.09 bits per heavy atom. The molecule has 3 aromatic rings. The van der Waals surface area contributed by atoms with Gasteiger partial charge in [0.2, 0.25) is 5.88 Å². The molecule has 4 unspecified atom stereocenters. The van der Waals surface area contributed by atoms with E-state index in [-0.39, 0.29) is 30.3 Å². The Morgan fingerprint density at radius 3 is 2.68 bits per heavy atom. The van der Waals surface area contributed by atoms with Crippen molar-refractivity contribution in [2.75, 3.05) is 0 Å². The van der Waals surface area contributed by atoms with Crippen molar-refractivity contribution < 1.29 is 27.8 Å². The second-order valence-corrected chi connectivity index (χ2v) is 9.43. The zero-order valence-corrected chi connectivity index (χ0v) is 18.2. The molecule has 1 N–H and O–H groups in total. The molecule has 2 aromatic carbocycles. The molecule has 4 atom stereocenters. The Kier molecular flexibility index (Phi) is 4.73. The number of nitrogens with zero attached hydrogens (tertiary/aromatic N) is 1. The highest BCUT2D eigenvalue weighted by Gasteiger charge is 2.59. The first-order valence-corrected chi connectivity index (χ1v) is 11.4. The maximum absolute atomic E-state index is 13.6. The number of hydrogen-bond donors (Lipinski definition) is 1. The van der Waals surface area contributed by atoms with Gasteiger partial charge in [0.15, 0.2) is 0 Å². The van der Waals surface area contributed by atoms with Crippen molar-refractivity contribution in [2.45, 2.75) is 43.9 Å². The van der Waals surface area contributed by atoms with Crippen LogP contribution >= 0.6 is 0 Å². The summed E-state index contributed by atoms with van der Waals surface area (Å²) in [5, 5.41) is 9.27. The minimum atomic E-state index is -4.38. The van der Waals surface area contributed by atoms with Gasteiger partial charge in [-0.1, -0.05) is 36.4 Å². The summed E-state index contributed by atoms with van der Waals surface area (Å²) in [7, 11) is 0. The third kappa shape index (κ3) is 3.37. The Morgan fingerprint density at radius 2 is 1.88 bits per heavy atom. The van der Waals surface area contributed by atoms with Crippen molar-refractivity contribution >= 4 is 5.97 Å². The van der Waals surface area contributed by atoms with E-state index in [0.717, 1.165) is 40.3 Å². The topological polar surface area (TPSA) is 59.4 Å². The summed E-state index contributed by atoms with van der Waals surface area (Å²) in [5.41, 5.74) is 4.80. The van der Waals surface area contributed by atoms with E-state index in [2.05, 4.69) is 4.98 Å². The van der Waals surface area contributed by atoms with Crippen molar-refractivity contribution in [3.8, 4) is 5.88 Å². The van der Waals surface area contributed by atoms with Crippen LogP contribution in [-0.4, -0.2) is 16.1 Å². The molecule has 174 valence electrons. The normalized spacial score (nSPS) is 24.3. The molecule has 0 saturated heterocycles. The smallest absolute Gasteiger partial charge is 0.416 e. The van der Waals surface area contributed by atoms with Gasteiger partial charge in [0.25, 0.3) is 0 Å². The monoisotopic (exact) mass is 465 g/mol. The highest BCUT2D eigenvalue weighted by Crippen LogP contribution is 2.61. The van der Waals surface area contributed by atoms with Crippen molar-refractivity contribution in [2.24, 2.45) is 11.8 Å². The average Bonchev–Trinajstić information content (AvgIpc) is 3.17. The van der Waals surface area contributed by atoms with E-state index < -0.39 is 17.7 Å². The highest BCUT2D eigenvalue weighted by molar-refractivity contribution is 5.77. The number of rotatable bonds is 5. The van der Waals surface area contributed by atoms with Gasteiger partial charge in [0, 0.05) is 24.1 Å². The maximum atomic E-state index is 13.6. The van der Waals surface area contributed by atoms with Gasteiger partial charge in [0.05, 0.1) is 11.5 Å². The van der Waals surface area contributed by atoms with Gasteiger partial charge in [0.1, 0.15) is 6.61 Å². The molecule has 6 rings (SSSR count). The minimum Gasteiger partial charge on any atom is -0.481 e. The van der Waals surface area contributed by atoms with E-state index >= 15 is 0 Å². The molecule has 4 nitrogen and oxygen atoms in total. The number of carboxylic acid groups (broad SMARTS) is 1. The van der Waals surface area contributed by atoms with Gasteiger partial charge in [-0.3, -0.25) is 4.79 Å². The fraction of sp³-hybridized carbons (Fsp3) is 0.333. The highest BCUT2D eigenvalue weighted by atomic mass is 19.4. The molecule has 0 radical (unpaired) electrons. The number of benzene rings is 2. The van der Waals surface area contributed by atoms with Gasteiger partial charge in [-0.05, 0) is 64.6 Å². The largest absolute Gasteiger partial charge is 0.481 e. The van der Waals surface area contributed by atoms with Crippen LogP contribution in [0.1, 0.15) is 57.2 Å². The first-order chi connectivity index (χ1) is 16.3. The molecule has 1 aromatic heterocycles. The number of alkyl halides is 3. The number of pyridine rings is 1. The van der Waals surface area contributed by atoms with E-state index in [4.69, 9.17) is 4.74 Å². The predicted octanol–water partition coefficient (Wildman–Crippen LogP) is 5.73. The lowest BCUT2D eigenvalue weighted by atomic mass is 9.88. The molecule has 1 fully saturated rings. The molecule has 7 heteroatoms. The molecule has 3 aliphatic rings. The van der Waals surface area contributed by atoms with Crippen molar-refractivity contribution in [1.82, 2.24) is 4.98 Å². The minimum absolute atomic E-state index is 0.0722. The van der Waals surface area contributed by atoms with Crippen LogP contribution in [0.3, 0.4) is 0 Å². The Bertz CT molecular complexity index is 1300. The van der Waals surface area contributed by atoms with Crippen LogP contribution in [0, 0.1) is 11.8 Å². The average molecular weight is 465 g/mol. The molecule has 0 bridgehead atoms. The third-order valence-corrected chi connectivity index (χ3v) is 7.65. The lowest BCUT2D eigenvalue weighted by Gasteiger charge is -2.19. The molecular weight excluding hydrogens is 443 g/mol. The van der Waals surface area contributed by atoms with Gasteiger partial charge >= 0.3 is 12.1 Å². The van der Waals surface area contributed by atoms with Gasteiger partial charge in [-0.15, -0.1) is 0 Å². The van der Waals surface area contributed by atoms with E-state index in [1.807, 2.05) is 24.3 Å². The predicted molar refractivity (Wildman–Crippen MR) is 118 cm³/mol. The lowest BCUT2D eigenvalue weighted by molar-refractivity contribution is -0.139. The summed E-state index contributed by atoms with van der Waals surface area (Å²) in [6.45, 7) is 0.285. The summed E-state index contributed by atoms with van der Waals surface area (Å²) in [6.07, 6.45) is -0.591. The van der Waals surface area contributed by atoms with E-state index in [9.17, 15) is 23.1 Å². The van der Waals surface area contributed by atoms with Crippen LogP contribution in [-0.2, 0) is 30.4 Å². The molecule has 34 heavy (non-hydrogen) atoms. The Balaban J connectivity index is 1.21. The quantitative estimate of drug-likeness (QED) is 0.523. The van der Waals surface area contributed by atoms with E-state index in [0.29, 0.717) is 24.3 Å². The van der Waals surface area contributed by atoms with Crippen LogP contribution in [0.2, 0.25) is 0 Å². The molecular formula is C27H22F3NO3. The summed E-state index contributed by atoms with van der Waals surface area (Å²) in [5.74, 6) is -0.596. The number of halogens is 3. The molecule has 1 heterocycles. The second kappa shape index (κ2) is 7.58. The zero-order valence-electron chi connectivity index (χ0n) is 18.2. The first-order valence-electron chi connectivity index (χ1n) is 11.4. The first kappa shape index (κ1) is 21.2. The summed E-state index contributed by atoms with van der Waals surface area (Å²) < 4.78 is 46.8. The van der Waals surface area contributed by atoms with Gasteiger partial charge < -0.3 is 9.84 Å². The van der Waals surface area contributed by atoms with Crippen LogP contribution in [0.5, 0.6) is 5.88 Å². The van der Waals surface area contributed by atoms with Crippen LogP contribution in [0.15, 0.2) is 54.7 Å². The SMILES string of the molecule is O=C(O)C1C2Cc3cc(OCc4cccc5c4CCC5c4ccccc4C(F)(F)F)ncc3C21. The van der Waals surface area contributed by atoms with Crippen molar-refractivity contribution in [3.05, 3.63) is 93.7 Å². The molecule has 3 aliphatic carbocycles. The van der Waals surface area contributed by atoms with Crippen molar-refractivity contribution in [3.63, 3.8) is 0 Å². The summed E-state index contributed by atoms with van der Waals surface area (Å²) in [4.78, 5) is 15.7. The molecule has 0 aliphatic heterocycles. The number of fused-ring (bicyclic) bond motifs is 4. The Hall–Kier alpha value is -3.35. The van der Waals surface area contributed by atoms with Crippen molar-refractivity contribution in [1.29, 1.82) is 0 Å². The number of aromatic nitrogens is 1. The van der Waals surface area contributed by atoms with Crippen LogP contribution in [0.4, 0.5) is 13.2 Å². The third-order valence-electron chi connectivity index (χ3n) is 7.65. The summed E-state index contributed by atoms with van der Waals surface area (Å²) in [6, 6.07) is 13.5. The molecule has 0 amide bonds. The summed E-state index contributed by atoms with van der Waals surface area (Å²) >= 11 is 0. The number of carbonyl (C=O) groups is 1. The van der Waals surface area contributed by atoms with Gasteiger partial charge in [-0.25, -0.2) is 4.98 Å². The van der Waals surface area contributed by atoms with E-state index in [1.54, 1.807) is 18.3 Å². The van der Waals surface area contributed by atoms with Gasteiger partial charge in [-0.2, -0.15) is 13.2 Å². The zero-order chi connectivity index (χ0) is 23.6. The lowest BCUT2D eigenvalue weighted by Crippen LogP contribution is -2.11. The van der Waals surface area contributed by atoms with Crippen LogP contribution < -0.4 is 4.74 Å². The van der Waals surface area contributed by atoms with Crippen LogP contribution in [0.25, 0.3) is 0 Å². The fourth-order valence-electron chi connectivity index (χ4n) is 6.08. The second-order valence-electron chi connectivity index (χ2n) is 9.43. The number of aliphatic carboxylic acids is 1. The number of carboxylic acids is 1. The number of hydrogen-bond acceptors (Lipinski definition) is 3. The molecule has 1 saturated carbocycles. The maximum Gasteiger partial charge on any atom is 0.416 e. The van der Waals surface area contributed by atoms with E-state index in [1.165, 1.54) is 6.07 Å². The number of ether oxygens (including phenoxy) is 1. The fourth-order valence-corrected chi connectivity index (χ4v) is 6.08. The molecule has 0 spiro atoms. The Labute approximate surface area is 194 Å². The standard InChI is InChI=1S/C27H22F3NO3/c28-27(29,30)22-7-2-1-5-19(22)18-9-8-16-14(4-3-6-17(16)18)13-34-23-11-15-10-20-24(21(15)12-31-23)25(20)26(32)33/h1-7,11-12,18,20,24-25H,8-10,13H2,(H,32,33).